The molecular weight excluding hydrogens is 360 g/mol. The van der Waals surface area contributed by atoms with Gasteiger partial charge in [-0.25, -0.2) is 0 Å². The lowest BCUT2D eigenvalue weighted by Crippen LogP contribution is -2.46. The minimum absolute atomic E-state index is 0.162. The quantitative estimate of drug-likeness (QED) is 0.266. The summed E-state index contributed by atoms with van der Waals surface area (Å²) >= 11 is 3.18. The van der Waals surface area contributed by atoms with Crippen molar-refractivity contribution in [3.8, 4) is 0 Å². The van der Waals surface area contributed by atoms with Crippen molar-refractivity contribution in [2.45, 2.75) is 19.6 Å². The van der Waals surface area contributed by atoms with Crippen LogP contribution in [0.2, 0.25) is 0 Å². The molecule has 0 saturated carbocycles. The van der Waals surface area contributed by atoms with Gasteiger partial charge in [-0.3, -0.25) is 24.7 Å². The molecule has 2 rings (SSSR count). The molecule has 1 saturated heterocycles. The van der Waals surface area contributed by atoms with Crippen LogP contribution >= 0.6 is 15.9 Å². The number of cyclic esters (lactones) is 2. The summed E-state index contributed by atoms with van der Waals surface area (Å²) in [7, 11) is 0. The van der Waals surface area contributed by atoms with Crippen molar-refractivity contribution in [1.82, 2.24) is 0 Å². The standard InChI is InChI=1S/C13H11BrN2O6/c1-13(2)21-11(17)8(12(18)22-13)6-15-10-5-7(16(19)20)3-4-9(10)14/h3-6,8H,1-2H3/b15-6+. The number of rotatable bonds is 3. The zero-order chi connectivity index (χ0) is 16.5. The average molecular weight is 371 g/mol. The van der Waals surface area contributed by atoms with Gasteiger partial charge in [-0.15, -0.1) is 0 Å². The van der Waals surface area contributed by atoms with Gasteiger partial charge in [0.2, 0.25) is 0 Å². The summed E-state index contributed by atoms with van der Waals surface area (Å²) in [6, 6.07) is 3.96. The van der Waals surface area contributed by atoms with E-state index in [4.69, 9.17) is 9.47 Å². The van der Waals surface area contributed by atoms with Gasteiger partial charge in [0, 0.05) is 36.7 Å². The number of nitro groups is 1. The van der Waals surface area contributed by atoms with Crippen LogP contribution in [0.5, 0.6) is 0 Å². The van der Waals surface area contributed by atoms with Crippen molar-refractivity contribution in [1.29, 1.82) is 0 Å². The third kappa shape index (κ3) is 3.48. The molecule has 1 aliphatic rings. The summed E-state index contributed by atoms with van der Waals surface area (Å²) < 4.78 is 10.4. The molecule has 0 amide bonds. The van der Waals surface area contributed by atoms with Crippen LogP contribution < -0.4 is 0 Å². The Morgan fingerprint density at radius 3 is 2.45 bits per heavy atom. The number of hydrogen-bond donors (Lipinski definition) is 0. The third-order valence-electron chi connectivity index (χ3n) is 2.70. The highest BCUT2D eigenvalue weighted by molar-refractivity contribution is 9.10. The monoisotopic (exact) mass is 370 g/mol. The number of non-ortho nitro benzene ring substituents is 1. The molecule has 0 aromatic heterocycles. The Kier molecular flexibility index (Phi) is 4.27. The molecule has 0 spiro atoms. The predicted octanol–water partition coefficient (Wildman–Crippen LogP) is 2.51. The largest absolute Gasteiger partial charge is 0.422 e. The molecule has 9 heteroatoms. The zero-order valence-electron chi connectivity index (χ0n) is 11.6. The smallest absolute Gasteiger partial charge is 0.329 e. The van der Waals surface area contributed by atoms with Crippen LogP contribution in [-0.4, -0.2) is 28.9 Å². The lowest BCUT2D eigenvalue weighted by molar-refractivity contribution is -0.384. The second-order valence-electron chi connectivity index (χ2n) is 4.89. The number of halogens is 1. The molecular formula is C13H11BrN2O6. The van der Waals surface area contributed by atoms with E-state index in [1.165, 1.54) is 32.0 Å². The summed E-state index contributed by atoms with van der Waals surface area (Å²) in [5.74, 6) is -4.19. The zero-order valence-corrected chi connectivity index (χ0v) is 13.2. The number of carbonyl (C=O) groups is 2. The Morgan fingerprint density at radius 1 is 1.32 bits per heavy atom. The maximum absolute atomic E-state index is 11.8. The molecule has 1 heterocycles. The molecule has 8 nitrogen and oxygen atoms in total. The molecule has 1 aliphatic heterocycles. The number of hydrogen-bond acceptors (Lipinski definition) is 7. The third-order valence-corrected chi connectivity index (χ3v) is 3.37. The van der Waals surface area contributed by atoms with E-state index in [9.17, 15) is 19.7 Å². The highest BCUT2D eigenvalue weighted by atomic mass is 79.9. The van der Waals surface area contributed by atoms with Crippen LogP contribution in [0.4, 0.5) is 11.4 Å². The molecule has 1 fully saturated rings. The number of benzene rings is 1. The summed E-state index contributed by atoms with van der Waals surface area (Å²) in [4.78, 5) is 37.6. The predicted molar refractivity (Wildman–Crippen MR) is 78.7 cm³/mol. The van der Waals surface area contributed by atoms with Crippen LogP contribution in [0.3, 0.4) is 0 Å². The first-order chi connectivity index (χ1) is 10.2. The van der Waals surface area contributed by atoms with Gasteiger partial charge in [0.1, 0.15) is 0 Å². The van der Waals surface area contributed by atoms with Gasteiger partial charge >= 0.3 is 11.9 Å². The SMILES string of the molecule is CC1(C)OC(=O)C(/C=N/c2cc([N+](=O)[O-])ccc2Br)C(=O)O1. The van der Waals surface area contributed by atoms with E-state index in [2.05, 4.69) is 20.9 Å². The van der Waals surface area contributed by atoms with Crippen LogP contribution in [0.25, 0.3) is 0 Å². The normalized spacial score (nSPS) is 18.1. The molecule has 0 N–H and O–H groups in total. The van der Waals surface area contributed by atoms with E-state index >= 15 is 0 Å². The minimum Gasteiger partial charge on any atom is -0.422 e. The average Bonchev–Trinajstić information content (AvgIpc) is 2.38. The maximum atomic E-state index is 11.8. The molecule has 0 aliphatic carbocycles. The van der Waals surface area contributed by atoms with Gasteiger partial charge in [0.05, 0.1) is 10.6 Å². The number of aliphatic imine (C=N–C) groups is 1. The molecule has 0 unspecified atom stereocenters. The first-order valence-corrected chi connectivity index (χ1v) is 6.93. The van der Waals surface area contributed by atoms with Crippen LogP contribution in [0.1, 0.15) is 13.8 Å². The number of nitro benzene ring substituents is 1. The molecule has 116 valence electrons. The number of nitrogens with zero attached hydrogens (tertiary/aromatic N) is 2. The topological polar surface area (TPSA) is 108 Å². The Morgan fingerprint density at radius 2 is 1.91 bits per heavy atom. The molecule has 0 atom stereocenters. The van der Waals surface area contributed by atoms with Crippen LogP contribution in [-0.2, 0) is 19.1 Å². The van der Waals surface area contributed by atoms with Crippen molar-refractivity contribution in [2.75, 3.05) is 0 Å². The first kappa shape index (κ1) is 16.1. The van der Waals surface area contributed by atoms with E-state index in [-0.39, 0.29) is 11.4 Å². The highest BCUT2D eigenvalue weighted by Gasteiger charge is 2.42. The highest BCUT2D eigenvalue weighted by Crippen LogP contribution is 2.30. The fraction of sp³-hybridized carbons (Fsp3) is 0.308. The lowest BCUT2D eigenvalue weighted by atomic mass is 10.1. The van der Waals surface area contributed by atoms with Crippen molar-refractivity contribution < 1.29 is 24.0 Å². The van der Waals surface area contributed by atoms with Crippen molar-refractivity contribution >= 4 is 45.5 Å². The van der Waals surface area contributed by atoms with Crippen molar-refractivity contribution in [3.63, 3.8) is 0 Å². The van der Waals surface area contributed by atoms with Gasteiger partial charge < -0.3 is 9.47 Å². The first-order valence-electron chi connectivity index (χ1n) is 6.13. The number of ether oxygens (including phenoxy) is 2. The number of esters is 2. The molecule has 1 aromatic carbocycles. The van der Waals surface area contributed by atoms with Crippen LogP contribution in [0, 0.1) is 16.0 Å². The number of carbonyl (C=O) groups excluding carboxylic acids is 2. The Balaban J connectivity index is 2.25. The van der Waals surface area contributed by atoms with Crippen molar-refractivity contribution in [3.05, 3.63) is 32.8 Å². The Hall–Kier alpha value is -2.29. The van der Waals surface area contributed by atoms with Gasteiger partial charge in [-0.05, 0) is 22.0 Å². The minimum atomic E-state index is -1.31. The fourth-order valence-electron chi connectivity index (χ4n) is 1.72. The van der Waals surface area contributed by atoms with Crippen LogP contribution in [0.15, 0.2) is 27.7 Å². The van der Waals surface area contributed by atoms with E-state index in [0.29, 0.717) is 4.47 Å². The second kappa shape index (κ2) is 5.84. The Bertz CT molecular complexity index is 665. The maximum Gasteiger partial charge on any atom is 0.329 e. The van der Waals surface area contributed by atoms with E-state index in [1.807, 2.05) is 0 Å². The van der Waals surface area contributed by atoms with E-state index in [0.717, 1.165) is 6.21 Å². The molecule has 1 aromatic rings. The lowest BCUT2D eigenvalue weighted by Gasteiger charge is -2.31. The fourth-order valence-corrected chi connectivity index (χ4v) is 2.07. The summed E-state index contributed by atoms with van der Waals surface area (Å²) in [5.41, 5.74) is 0.0462. The van der Waals surface area contributed by atoms with Gasteiger partial charge in [0.25, 0.3) is 11.5 Å². The second-order valence-corrected chi connectivity index (χ2v) is 5.75. The van der Waals surface area contributed by atoms with Gasteiger partial charge in [-0.1, -0.05) is 0 Å². The van der Waals surface area contributed by atoms with Crippen molar-refractivity contribution in [2.24, 2.45) is 10.9 Å². The Labute approximate surface area is 133 Å². The van der Waals surface area contributed by atoms with Gasteiger partial charge in [0.15, 0.2) is 5.92 Å². The summed E-state index contributed by atoms with van der Waals surface area (Å²) in [6.07, 6.45) is 1.05. The summed E-state index contributed by atoms with van der Waals surface area (Å²) in [6.45, 7) is 2.88. The molecule has 22 heavy (non-hydrogen) atoms. The van der Waals surface area contributed by atoms with Gasteiger partial charge in [-0.2, -0.15) is 0 Å². The van der Waals surface area contributed by atoms with E-state index in [1.54, 1.807) is 0 Å². The molecule has 0 radical (unpaired) electrons. The molecule has 0 bridgehead atoms. The summed E-state index contributed by atoms with van der Waals surface area (Å²) in [5, 5.41) is 10.7. The van der Waals surface area contributed by atoms with E-state index < -0.39 is 28.6 Å².